The number of hydrogen-bond donors (Lipinski definition) is 2. The Morgan fingerprint density at radius 3 is 2.78 bits per heavy atom. The monoisotopic (exact) mass is 377 g/mol. The molecule has 0 saturated carbocycles. The van der Waals surface area contributed by atoms with Crippen molar-refractivity contribution >= 4 is 11.9 Å². The lowest BCUT2D eigenvalue weighted by atomic mass is 10.1. The summed E-state index contributed by atoms with van der Waals surface area (Å²) in [6.07, 6.45) is 5.37. The van der Waals surface area contributed by atoms with Crippen molar-refractivity contribution in [3.05, 3.63) is 23.8 Å². The van der Waals surface area contributed by atoms with Gasteiger partial charge in [-0.2, -0.15) is 0 Å². The van der Waals surface area contributed by atoms with Gasteiger partial charge in [-0.3, -0.25) is 9.79 Å². The second-order valence-corrected chi connectivity index (χ2v) is 6.37. The highest BCUT2D eigenvalue weighted by Crippen LogP contribution is 2.32. The number of guanidine groups is 1. The van der Waals surface area contributed by atoms with Crippen molar-refractivity contribution in [3.63, 3.8) is 0 Å². The van der Waals surface area contributed by atoms with Gasteiger partial charge < -0.3 is 24.8 Å². The zero-order chi connectivity index (χ0) is 19.3. The van der Waals surface area contributed by atoms with Crippen LogP contribution in [-0.4, -0.2) is 45.5 Å². The van der Waals surface area contributed by atoms with Crippen molar-refractivity contribution < 1.29 is 19.0 Å². The van der Waals surface area contributed by atoms with Gasteiger partial charge in [0.2, 0.25) is 6.79 Å². The van der Waals surface area contributed by atoms with E-state index in [9.17, 15) is 4.79 Å². The number of unbranched alkanes of at least 4 members (excludes halogenated alkanes) is 3. The molecule has 1 aliphatic heterocycles. The summed E-state index contributed by atoms with van der Waals surface area (Å²) in [5, 5.41) is 6.64. The van der Waals surface area contributed by atoms with E-state index in [1.165, 1.54) is 12.7 Å². The molecule has 0 radical (unpaired) electrons. The molecule has 0 spiro atoms. The molecule has 0 bridgehead atoms. The molecule has 27 heavy (non-hydrogen) atoms. The first kappa shape index (κ1) is 20.9. The minimum absolute atomic E-state index is 0.130. The van der Waals surface area contributed by atoms with Gasteiger partial charge in [0.05, 0.1) is 7.11 Å². The molecule has 2 rings (SSSR count). The number of benzene rings is 1. The highest BCUT2D eigenvalue weighted by atomic mass is 16.7. The van der Waals surface area contributed by atoms with Gasteiger partial charge in [0.15, 0.2) is 17.5 Å². The zero-order valence-electron chi connectivity index (χ0n) is 16.4. The molecule has 0 atom stereocenters. The number of ether oxygens (including phenoxy) is 3. The van der Waals surface area contributed by atoms with Crippen LogP contribution in [0.3, 0.4) is 0 Å². The molecule has 1 aromatic rings. The van der Waals surface area contributed by atoms with Crippen LogP contribution < -0.4 is 20.1 Å². The molecule has 0 unspecified atom stereocenters. The fraction of sp³-hybridized carbons (Fsp3) is 0.600. The van der Waals surface area contributed by atoms with Crippen molar-refractivity contribution in [3.8, 4) is 11.5 Å². The number of esters is 1. The van der Waals surface area contributed by atoms with Gasteiger partial charge in [-0.25, -0.2) is 0 Å². The molecule has 7 heteroatoms. The van der Waals surface area contributed by atoms with E-state index in [4.69, 9.17) is 9.47 Å². The van der Waals surface area contributed by atoms with Crippen molar-refractivity contribution in [1.82, 2.24) is 10.6 Å². The lowest BCUT2D eigenvalue weighted by Gasteiger charge is -2.11. The number of carbonyl (C=O) groups excluding carboxylic acids is 1. The fourth-order valence-corrected chi connectivity index (χ4v) is 2.79. The van der Waals surface area contributed by atoms with E-state index in [2.05, 4.69) is 33.4 Å². The molecular formula is C20H31N3O4. The summed E-state index contributed by atoms with van der Waals surface area (Å²) in [4.78, 5) is 15.7. The second kappa shape index (κ2) is 12.0. The van der Waals surface area contributed by atoms with Crippen LogP contribution in [0.5, 0.6) is 11.5 Å². The van der Waals surface area contributed by atoms with Crippen molar-refractivity contribution in [2.45, 2.75) is 45.4 Å². The maximum Gasteiger partial charge on any atom is 0.305 e. The van der Waals surface area contributed by atoms with E-state index in [0.717, 1.165) is 69.2 Å². The maximum absolute atomic E-state index is 11.0. The van der Waals surface area contributed by atoms with Gasteiger partial charge in [-0.1, -0.05) is 18.9 Å². The third kappa shape index (κ3) is 7.76. The van der Waals surface area contributed by atoms with E-state index in [0.29, 0.717) is 13.2 Å². The molecule has 0 saturated heterocycles. The van der Waals surface area contributed by atoms with Crippen LogP contribution in [0, 0.1) is 0 Å². The summed E-state index contributed by atoms with van der Waals surface area (Å²) >= 11 is 0. The highest BCUT2D eigenvalue weighted by molar-refractivity contribution is 5.79. The van der Waals surface area contributed by atoms with Gasteiger partial charge in [0, 0.05) is 26.1 Å². The van der Waals surface area contributed by atoms with Gasteiger partial charge in [0.1, 0.15) is 0 Å². The summed E-state index contributed by atoms with van der Waals surface area (Å²) in [5.74, 6) is 2.34. The Morgan fingerprint density at radius 2 is 1.96 bits per heavy atom. The van der Waals surface area contributed by atoms with Crippen LogP contribution in [0.25, 0.3) is 0 Å². The van der Waals surface area contributed by atoms with E-state index >= 15 is 0 Å². The van der Waals surface area contributed by atoms with Crippen molar-refractivity contribution in [1.29, 1.82) is 0 Å². The van der Waals surface area contributed by atoms with Crippen LogP contribution in [0.4, 0.5) is 0 Å². The first-order valence-corrected chi connectivity index (χ1v) is 9.70. The number of nitrogens with zero attached hydrogens (tertiary/aromatic N) is 1. The lowest BCUT2D eigenvalue weighted by Crippen LogP contribution is -2.38. The smallest absolute Gasteiger partial charge is 0.305 e. The van der Waals surface area contributed by atoms with Crippen LogP contribution in [-0.2, 0) is 16.0 Å². The quantitative estimate of drug-likeness (QED) is 0.267. The van der Waals surface area contributed by atoms with Gasteiger partial charge in [0.25, 0.3) is 0 Å². The average molecular weight is 377 g/mol. The number of hydrogen-bond acceptors (Lipinski definition) is 5. The standard InChI is InChI=1S/C20H31N3O4/c1-3-21-20(22-12-7-5-4-6-8-19(24)25-2)23-13-11-16-9-10-17-18(14-16)27-15-26-17/h9-10,14H,3-8,11-13,15H2,1-2H3,(H2,21,22,23). The largest absolute Gasteiger partial charge is 0.469 e. The lowest BCUT2D eigenvalue weighted by molar-refractivity contribution is -0.140. The minimum atomic E-state index is -0.130. The Morgan fingerprint density at radius 1 is 1.15 bits per heavy atom. The summed E-state index contributed by atoms with van der Waals surface area (Å²) in [7, 11) is 1.43. The Kier molecular flexibility index (Phi) is 9.30. The second-order valence-electron chi connectivity index (χ2n) is 6.37. The number of rotatable bonds is 11. The SMILES string of the molecule is CCNC(=NCCCCCCC(=O)OC)NCCc1ccc2c(c1)OCO2. The third-order valence-electron chi connectivity index (χ3n) is 4.27. The predicted molar refractivity (Wildman–Crippen MR) is 105 cm³/mol. The molecular weight excluding hydrogens is 346 g/mol. The zero-order valence-corrected chi connectivity index (χ0v) is 16.4. The topological polar surface area (TPSA) is 81.2 Å². The summed E-state index contributed by atoms with van der Waals surface area (Å²) in [6, 6.07) is 6.05. The number of fused-ring (bicyclic) bond motifs is 1. The molecule has 2 N–H and O–H groups in total. The normalized spacial score (nSPS) is 12.7. The Balaban J connectivity index is 1.63. The number of carbonyl (C=O) groups is 1. The minimum Gasteiger partial charge on any atom is -0.469 e. The summed E-state index contributed by atoms with van der Waals surface area (Å²) < 4.78 is 15.4. The molecule has 1 heterocycles. The van der Waals surface area contributed by atoms with E-state index in [1.807, 2.05) is 12.1 Å². The Bertz CT molecular complexity index is 619. The molecule has 0 amide bonds. The molecule has 1 aliphatic rings. The third-order valence-corrected chi connectivity index (χ3v) is 4.27. The predicted octanol–water partition coefficient (Wildman–Crippen LogP) is 2.64. The van der Waals surface area contributed by atoms with Gasteiger partial charge >= 0.3 is 5.97 Å². The van der Waals surface area contributed by atoms with Crippen LogP contribution in [0.15, 0.2) is 23.2 Å². The van der Waals surface area contributed by atoms with Crippen molar-refractivity contribution in [2.24, 2.45) is 4.99 Å². The van der Waals surface area contributed by atoms with Crippen LogP contribution >= 0.6 is 0 Å². The molecule has 0 aliphatic carbocycles. The van der Waals surface area contributed by atoms with E-state index in [1.54, 1.807) is 0 Å². The van der Waals surface area contributed by atoms with E-state index in [-0.39, 0.29) is 5.97 Å². The summed E-state index contributed by atoms with van der Waals surface area (Å²) in [6.45, 7) is 4.76. The number of aliphatic imine (C=N–C) groups is 1. The first-order chi connectivity index (χ1) is 13.2. The van der Waals surface area contributed by atoms with E-state index < -0.39 is 0 Å². The maximum atomic E-state index is 11.0. The van der Waals surface area contributed by atoms with Gasteiger partial charge in [-0.15, -0.1) is 0 Å². The highest BCUT2D eigenvalue weighted by Gasteiger charge is 2.12. The first-order valence-electron chi connectivity index (χ1n) is 9.70. The summed E-state index contributed by atoms with van der Waals surface area (Å²) in [5.41, 5.74) is 1.20. The van der Waals surface area contributed by atoms with Crippen molar-refractivity contribution in [2.75, 3.05) is 33.5 Å². The molecule has 0 fully saturated rings. The molecule has 150 valence electrons. The average Bonchev–Trinajstić information content (AvgIpc) is 3.14. The number of methoxy groups -OCH3 is 1. The van der Waals surface area contributed by atoms with Crippen LogP contribution in [0.2, 0.25) is 0 Å². The Hall–Kier alpha value is -2.44. The van der Waals surface area contributed by atoms with Gasteiger partial charge in [-0.05, 0) is 43.9 Å². The number of nitrogens with one attached hydrogen (secondary N) is 2. The molecule has 0 aromatic heterocycles. The van der Waals surface area contributed by atoms with Crippen LogP contribution in [0.1, 0.15) is 44.6 Å². The molecule has 1 aromatic carbocycles. The molecule has 7 nitrogen and oxygen atoms in total. The fourth-order valence-electron chi connectivity index (χ4n) is 2.79. The Labute approximate surface area is 161 Å².